The van der Waals surface area contributed by atoms with E-state index in [0.717, 1.165) is 25.1 Å². The van der Waals surface area contributed by atoms with Crippen LogP contribution in [0.25, 0.3) is 0 Å². The average Bonchev–Trinajstić information content (AvgIpc) is 2.35. The molecule has 3 heteroatoms. The zero-order valence-corrected chi connectivity index (χ0v) is 10.1. The van der Waals surface area contributed by atoms with E-state index >= 15 is 0 Å². The van der Waals surface area contributed by atoms with Crippen molar-refractivity contribution < 1.29 is 9.84 Å². The van der Waals surface area contributed by atoms with Crippen LogP contribution >= 0.6 is 0 Å². The van der Waals surface area contributed by atoms with Crippen molar-refractivity contribution in [1.29, 1.82) is 0 Å². The number of methoxy groups -OCH3 is 1. The second kappa shape index (κ2) is 7.39. The van der Waals surface area contributed by atoms with E-state index in [-0.39, 0.29) is 6.61 Å². The van der Waals surface area contributed by atoms with Crippen molar-refractivity contribution in [2.45, 2.75) is 32.5 Å². The van der Waals surface area contributed by atoms with Gasteiger partial charge in [0.05, 0.1) is 13.2 Å². The van der Waals surface area contributed by atoms with Gasteiger partial charge < -0.3 is 15.2 Å². The summed E-state index contributed by atoms with van der Waals surface area (Å²) in [6.45, 7) is 3.83. The van der Waals surface area contributed by atoms with Gasteiger partial charge >= 0.3 is 0 Å². The molecule has 0 radical (unpaired) electrons. The molecule has 1 atom stereocenters. The Morgan fingerprint density at radius 1 is 1.25 bits per heavy atom. The molecule has 1 unspecified atom stereocenters. The Bertz CT molecular complexity index is 284. The van der Waals surface area contributed by atoms with Gasteiger partial charge in [-0.1, -0.05) is 31.2 Å². The normalized spacial score (nSPS) is 12.7. The summed E-state index contributed by atoms with van der Waals surface area (Å²) in [4.78, 5) is 0. The van der Waals surface area contributed by atoms with Gasteiger partial charge in [-0.25, -0.2) is 0 Å². The lowest BCUT2D eigenvalue weighted by atomic mass is 10.1. The summed E-state index contributed by atoms with van der Waals surface area (Å²) in [5.41, 5.74) is 2.18. The summed E-state index contributed by atoms with van der Waals surface area (Å²) in [5.74, 6) is 0. The molecule has 16 heavy (non-hydrogen) atoms. The lowest BCUT2D eigenvalue weighted by Gasteiger charge is -2.15. The monoisotopic (exact) mass is 223 g/mol. The fourth-order valence-electron chi connectivity index (χ4n) is 1.55. The van der Waals surface area contributed by atoms with Crippen molar-refractivity contribution in [3.63, 3.8) is 0 Å². The molecule has 0 saturated heterocycles. The fraction of sp³-hybridized carbons (Fsp3) is 0.538. The smallest absolute Gasteiger partial charge is 0.0681 e. The highest BCUT2D eigenvalue weighted by Gasteiger charge is 2.04. The Morgan fingerprint density at radius 2 is 1.88 bits per heavy atom. The van der Waals surface area contributed by atoms with Gasteiger partial charge in [0.15, 0.2) is 0 Å². The third kappa shape index (κ3) is 4.31. The Kier molecular flexibility index (Phi) is 6.08. The molecule has 1 aromatic rings. The molecule has 1 rings (SSSR count). The molecule has 0 aliphatic carbocycles. The molecule has 2 N–H and O–H groups in total. The standard InChI is InChI=1S/C13H21NO2/c1-3-13(10-16-2)14-8-11-4-6-12(9-15)7-5-11/h4-7,13-15H,3,8-10H2,1-2H3. The average molecular weight is 223 g/mol. The molecule has 0 bridgehead atoms. The molecule has 90 valence electrons. The van der Waals surface area contributed by atoms with Crippen molar-refractivity contribution in [1.82, 2.24) is 5.32 Å². The second-order valence-corrected chi connectivity index (χ2v) is 3.92. The number of benzene rings is 1. The maximum atomic E-state index is 8.92. The predicted molar refractivity (Wildman–Crippen MR) is 65.2 cm³/mol. The minimum atomic E-state index is 0.106. The van der Waals surface area contributed by atoms with Crippen molar-refractivity contribution >= 4 is 0 Å². The number of rotatable bonds is 7. The molecular formula is C13H21NO2. The van der Waals surface area contributed by atoms with Gasteiger partial charge in [-0.15, -0.1) is 0 Å². The third-order valence-corrected chi connectivity index (χ3v) is 2.66. The Balaban J connectivity index is 2.40. The summed E-state index contributed by atoms with van der Waals surface area (Å²) in [6, 6.07) is 8.39. The number of hydrogen-bond acceptors (Lipinski definition) is 3. The third-order valence-electron chi connectivity index (χ3n) is 2.66. The van der Waals surface area contributed by atoms with Crippen LogP contribution in [0.2, 0.25) is 0 Å². The number of hydrogen-bond donors (Lipinski definition) is 2. The van der Waals surface area contributed by atoms with Gasteiger partial charge in [0.25, 0.3) is 0 Å². The summed E-state index contributed by atoms with van der Waals surface area (Å²) < 4.78 is 5.12. The topological polar surface area (TPSA) is 41.5 Å². The zero-order valence-electron chi connectivity index (χ0n) is 10.1. The van der Waals surface area contributed by atoms with Crippen LogP contribution in [0.15, 0.2) is 24.3 Å². The van der Waals surface area contributed by atoms with E-state index in [1.165, 1.54) is 5.56 Å². The summed E-state index contributed by atoms with van der Waals surface area (Å²) in [5, 5.41) is 12.4. The van der Waals surface area contributed by atoms with Gasteiger partial charge in [0.1, 0.15) is 0 Å². The minimum absolute atomic E-state index is 0.106. The Morgan fingerprint density at radius 3 is 2.38 bits per heavy atom. The molecule has 1 aromatic carbocycles. The van der Waals surface area contributed by atoms with Gasteiger partial charge in [-0.05, 0) is 17.5 Å². The molecule has 0 aliphatic heterocycles. The molecule has 0 aromatic heterocycles. The zero-order chi connectivity index (χ0) is 11.8. The van der Waals surface area contributed by atoms with Crippen LogP contribution < -0.4 is 5.32 Å². The van der Waals surface area contributed by atoms with Gasteiger partial charge in [0.2, 0.25) is 0 Å². The largest absolute Gasteiger partial charge is 0.392 e. The first-order valence-corrected chi connectivity index (χ1v) is 5.71. The van der Waals surface area contributed by atoms with Crippen LogP contribution in [-0.2, 0) is 17.9 Å². The first kappa shape index (κ1) is 13.2. The first-order chi connectivity index (χ1) is 7.80. The molecule has 0 spiro atoms. The highest BCUT2D eigenvalue weighted by Crippen LogP contribution is 2.04. The lowest BCUT2D eigenvalue weighted by molar-refractivity contribution is 0.164. The van der Waals surface area contributed by atoms with E-state index in [1.807, 2.05) is 24.3 Å². The quantitative estimate of drug-likeness (QED) is 0.739. The molecular weight excluding hydrogens is 202 g/mol. The number of nitrogens with one attached hydrogen (secondary N) is 1. The molecule has 0 amide bonds. The van der Waals surface area contributed by atoms with Crippen LogP contribution in [-0.4, -0.2) is 24.9 Å². The number of ether oxygens (including phenoxy) is 1. The maximum Gasteiger partial charge on any atom is 0.0681 e. The first-order valence-electron chi connectivity index (χ1n) is 5.71. The highest BCUT2D eigenvalue weighted by molar-refractivity contribution is 5.21. The van der Waals surface area contributed by atoms with Crippen LogP contribution in [0, 0.1) is 0 Å². The van der Waals surface area contributed by atoms with E-state index in [0.29, 0.717) is 6.04 Å². The summed E-state index contributed by atoms with van der Waals surface area (Å²) in [6.07, 6.45) is 1.06. The number of aliphatic hydroxyl groups excluding tert-OH is 1. The molecule has 0 fully saturated rings. The van der Waals surface area contributed by atoms with Crippen molar-refractivity contribution in [3.8, 4) is 0 Å². The van der Waals surface area contributed by atoms with E-state index in [4.69, 9.17) is 9.84 Å². The Labute approximate surface area is 97.4 Å². The molecule has 0 aliphatic rings. The van der Waals surface area contributed by atoms with Crippen molar-refractivity contribution in [2.75, 3.05) is 13.7 Å². The number of aliphatic hydroxyl groups is 1. The van der Waals surface area contributed by atoms with Crippen LogP contribution in [0.4, 0.5) is 0 Å². The fourth-order valence-corrected chi connectivity index (χ4v) is 1.55. The molecule has 3 nitrogen and oxygen atoms in total. The van der Waals surface area contributed by atoms with Gasteiger partial charge in [-0.2, -0.15) is 0 Å². The summed E-state index contributed by atoms with van der Waals surface area (Å²) >= 11 is 0. The second-order valence-electron chi connectivity index (χ2n) is 3.92. The van der Waals surface area contributed by atoms with E-state index in [1.54, 1.807) is 7.11 Å². The Hall–Kier alpha value is -0.900. The van der Waals surface area contributed by atoms with Crippen molar-refractivity contribution in [2.24, 2.45) is 0 Å². The van der Waals surface area contributed by atoms with E-state index in [9.17, 15) is 0 Å². The maximum absolute atomic E-state index is 8.92. The predicted octanol–water partition coefficient (Wildman–Crippen LogP) is 1.69. The highest BCUT2D eigenvalue weighted by atomic mass is 16.5. The van der Waals surface area contributed by atoms with Crippen LogP contribution in [0.5, 0.6) is 0 Å². The molecule has 0 heterocycles. The van der Waals surface area contributed by atoms with Crippen LogP contribution in [0.3, 0.4) is 0 Å². The van der Waals surface area contributed by atoms with Gasteiger partial charge in [-0.3, -0.25) is 0 Å². The minimum Gasteiger partial charge on any atom is -0.392 e. The molecule has 0 saturated carbocycles. The summed E-state index contributed by atoms with van der Waals surface area (Å²) in [7, 11) is 1.72. The van der Waals surface area contributed by atoms with Crippen molar-refractivity contribution in [3.05, 3.63) is 35.4 Å². The van der Waals surface area contributed by atoms with E-state index in [2.05, 4.69) is 12.2 Å². The SMILES string of the molecule is CCC(COC)NCc1ccc(CO)cc1. The van der Waals surface area contributed by atoms with Crippen LogP contribution in [0.1, 0.15) is 24.5 Å². The van der Waals surface area contributed by atoms with E-state index < -0.39 is 0 Å². The van der Waals surface area contributed by atoms with Gasteiger partial charge in [0, 0.05) is 19.7 Å². The lowest BCUT2D eigenvalue weighted by Crippen LogP contribution is -2.31.